The highest BCUT2D eigenvalue weighted by Gasteiger charge is 2.22. The van der Waals surface area contributed by atoms with Crippen LogP contribution >= 0.6 is 0 Å². The normalized spacial score (nSPS) is 11.0. The van der Waals surface area contributed by atoms with Gasteiger partial charge in [0, 0.05) is 0 Å². The Morgan fingerprint density at radius 2 is 1.79 bits per heavy atom. The fourth-order valence-electron chi connectivity index (χ4n) is 3.73. The van der Waals surface area contributed by atoms with Gasteiger partial charge in [-0.25, -0.2) is 4.98 Å². The lowest BCUT2D eigenvalue weighted by Gasteiger charge is -2.09. The second-order valence-corrected chi connectivity index (χ2v) is 7.67. The lowest BCUT2D eigenvalue weighted by Crippen LogP contribution is -2.14. The van der Waals surface area contributed by atoms with Crippen LogP contribution in [0.25, 0.3) is 22.4 Å². The summed E-state index contributed by atoms with van der Waals surface area (Å²) in [6.45, 7) is 5.92. The summed E-state index contributed by atoms with van der Waals surface area (Å²) in [5.41, 5.74) is 4.52. The molecule has 0 unspecified atom stereocenters. The van der Waals surface area contributed by atoms with E-state index >= 15 is 0 Å². The molecular weight excluding hydrogens is 422 g/mol. The van der Waals surface area contributed by atoms with Crippen LogP contribution in [0.15, 0.2) is 53.1 Å². The number of aromatic nitrogens is 3. The molecule has 170 valence electrons. The number of hydrogen-bond donors (Lipinski definition) is 0. The fourth-order valence-corrected chi connectivity index (χ4v) is 3.73. The third-order valence-electron chi connectivity index (χ3n) is 5.25. The molecule has 0 aliphatic rings. The number of carbonyl (C=O) groups is 2. The highest BCUT2D eigenvalue weighted by atomic mass is 16.5. The van der Waals surface area contributed by atoms with Crippen molar-refractivity contribution in [3.05, 3.63) is 71.1 Å². The van der Waals surface area contributed by atoms with Gasteiger partial charge in [-0.1, -0.05) is 41.6 Å². The minimum absolute atomic E-state index is 0.00218. The zero-order chi connectivity index (χ0) is 23.4. The van der Waals surface area contributed by atoms with Crippen LogP contribution in [0.5, 0.6) is 0 Å². The standard InChI is InChI=1S/C25H25N3O5/c1-4-31-23(30)14-28-21-11-10-19(13-22(29)32-15-18-8-6-5-7-9-18)12-20(21)26-25(28)24-16(2)27-33-17(24)3/h5-12H,4,13-15H2,1-3H3. The maximum absolute atomic E-state index is 12.4. The number of nitrogens with zero attached hydrogens (tertiary/aromatic N) is 3. The van der Waals surface area contributed by atoms with E-state index in [1.165, 1.54) is 0 Å². The number of aryl methyl sites for hydroxylation is 2. The number of esters is 2. The topological polar surface area (TPSA) is 96.5 Å². The largest absolute Gasteiger partial charge is 0.465 e. The van der Waals surface area contributed by atoms with Gasteiger partial charge in [0.25, 0.3) is 0 Å². The molecule has 2 heterocycles. The minimum atomic E-state index is -0.363. The van der Waals surface area contributed by atoms with Gasteiger partial charge >= 0.3 is 11.9 Å². The average molecular weight is 447 g/mol. The summed E-state index contributed by atoms with van der Waals surface area (Å²) in [4.78, 5) is 29.4. The zero-order valence-electron chi connectivity index (χ0n) is 18.8. The lowest BCUT2D eigenvalue weighted by atomic mass is 10.1. The first kappa shape index (κ1) is 22.3. The number of imidazole rings is 1. The summed E-state index contributed by atoms with van der Waals surface area (Å²) in [6, 6.07) is 15.1. The van der Waals surface area contributed by atoms with Crippen molar-refractivity contribution in [3.8, 4) is 11.4 Å². The summed E-state index contributed by atoms with van der Waals surface area (Å²) >= 11 is 0. The molecule has 2 aromatic carbocycles. The molecule has 0 saturated heterocycles. The summed E-state index contributed by atoms with van der Waals surface area (Å²) in [7, 11) is 0. The van der Waals surface area contributed by atoms with Crippen LogP contribution in [-0.4, -0.2) is 33.3 Å². The van der Waals surface area contributed by atoms with Crippen molar-refractivity contribution in [1.29, 1.82) is 0 Å². The van der Waals surface area contributed by atoms with E-state index in [4.69, 9.17) is 19.0 Å². The molecule has 4 rings (SSSR count). The van der Waals surface area contributed by atoms with E-state index < -0.39 is 0 Å². The highest BCUT2D eigenvalue weighted by Crippen LogP contribution is 2.30. The molecule has 0 N–H and O–H groups in total. The van der Waals surface area contributed by atoms with Gasteiger partial charge in [-0.05, 0) is 44.0 Å². The average Bonchev–Trinajstić information content (AvgIpc) is 3.31. The number of rotatable bonds is 8. The molecule has 8 nitrogen and oxygen atoms in total. The molecule has 0 saturated carbocycles. The third-order valence-corrected chi connectivity index (χ3v) is 5.25. The van der Waals surface area contributed by atoms with Gasteiger partial charge < -0.3 is 18.6 Å². The number of carbonyl (C=O) groups excluding carboxylic acids is 2. The summed E-state index contributed by atoms with van der Waals surface area (Å²) in [6.07, 6.45) is 0.119. The molecule has 0 aliphatic heterocycles. The van der Waals surface area contributed by atoms with Gasteiger partial charge in [0.15, 0.2) is 0 Å². The van der Waals surface area contributed by atoms with Crippen LogP contribution in [0.4, 0.5) is 0 Å². The van der Waals surface area contributed by atoms with Crippen LogP contribution < -0.4 is 0 Å². The molecule has 0 bridgehead atoms. The molecular formula is C25H25N3O5. The van der Waals surface area contributed by atoms with Crippen LogP contribution in [0.1, 0.15) is 29.5 Å². The molecule has 0 amide bonds. The number of benzene rings is 2. The second-order valence-electron chi connectivity index (χ2n) is 7.67. The summed E-state index contributed by atoms with van der Waals surface area (Å²) in [5, 5.41) is 4.02. The van der Waals surface area contributed by atoms with E-state index in [1.54, 1.807) is 18.4 Å². The van der Waals surface area contributed by atoms with Crippen molar-refractivity contribution in [2.75, 3.05) is 6.61 Å². The third kappa shape index (κ3) is 4.95. The molecule has 8 heteroatoms. The van der Waals surface area contributed by atoms with Crippen molar-refractivity contribution in [3.63, 3.8) is 0 Å². The first-order chi connectivity index (χ1) is 16.0. The predicted octanol–water partition coefficient (Wildman–Crippen LogP) is 4.16. The second kappa shape index (κ2) is 9.68. The van der Waals surface area contributed by atoms with E-state index in [2.05, 4.69) is 5.16 Å². The van der Waals surface area contributed by atoms with Gasteiger partial charge in [-0.15, -0.1) is 0 Å². The Morgan fingerprint density at radius 1 is 1.00 bits per heavy atom. The quantitative estimate of drug-likeness (QED) is 0.374. The highest BCUT2D eigenvalue weighted by molar-refractivity contribution is 5.85. The number of fused-ring (bicyclic) bond motifs is 1. The van der Waals surface area contributed by atoms with Crippen molar-refractivity contribution < 1.29 is 23.6 Å². The van der Waals surface area contributed by atoms with Gasteiger partial charge in [0.2, 0.25) is 0 Å². The molecule has 0 radical (unpaired) electrons. The minimum Gasteiger partial charge on any atom is -0.465 e. The molecule has 0 atom stereocenters. The molecule has 2 aromatic heterocycles. The van der Waals surface area contributed by atoms with Crippen molar-refractivity contribution in [2.24, 2.45) is 0 Å². The van der Waals surface area contributed by atoms with Crippen LogP contribution in [0, 0.1) is 13.8 Å². The Labute approximate surface area is 191 Å². The first-order valence-electron chi connectivity index (χ1n) is 10.7. The van der Waals surface area contributed by atoms with Crippen molar-refractivity contribution >= 4 is 23.0 Å². The Morgan fingerprint density at radius 3 is 2.48 bits per heavy atom. The van der Waals surface area contributed by atoms with Crippen molar-refractivity contribution in [2.45, 2.75) is 40.3 Å². The maximum Gasteiger partial charge on any atom is 0.326 e. The van der Waals surface area contributed by atoms with E-state index in [0.717, 1.165) is 22.2 Å². The zero-order valence-corrected chi connectivity index (χ0v) is 18.8. The molecule has 33 heavy (non-hydrogen) atoms. The van der Waals surface area contributed by atoms with E-state index in [-0.39, 0.29) is 31.5 Å². The molecule has 4 aromatic rings. The van der Waals surface area contributed by atoms with E-state index in [9.17, 15) is 9.59 Å². The Kier molecular flexibility index (Phi) is 6.53. The fraction of sp³-hybridized carbons (Fsp3) is 0.280. The van der Waals surface area contributed by atoms with Gasteiger partial charge in [0.1, 0.15) is 24.7 Å². The number of ether oxygens (including phenoxy) is 2. The van der Waals surface area contributed by atoms with Crippen LogP contribution in [0.3, 0.4) is 0 Å². The van der Waals surface area contributed by atoms with Crippen LogP contribution in [-0.2, 0) is 38.6 Å². The van der Waals surface area contributed by atoms with Gasteiger partial charge in [0.05, 0.1) is 35.3 Å². The SMILES string of the molecule is CCOC(=O)Cn1c(-c2c(C)noc2C)nc2cc(CC(=O)OCc3ccccc3)ccc21. The molecule has 0 spiro atoms. The summed E-state index contributed by atoms with van der Waals surface area (Å²) < 4.78 is 17.6. The van der Waals surface area contributed by atoms with Gasteiger partial charge in [-0.2, -0.15) is 0 Å². The lowest BCUT2D eigenvalue weighted by molar-refractivity contribution is -0.144. The Bertz CT molecular complexity index is 1270. The Balaban J connectivity index is 1.62. The molecule has 0 aliphatic carbocycles. The van der Waals surface area contributed by atoms with Crippen LogP contribution in [0.2, 0.25) is 0 Å². The van der Waals surface area contributed by atoms with E-state index in [1.807, 2.05) is 55.5 Å². The first-order valence-corrected chi connectivity index (χ1v) is 10.7. The van der Waals surface area contributed by atoms with Gasteiger partial charge in [-0.3, -0.25) is 9.59 Å². The molecule has 0 fully saturated rings. The van der Waals surface area contributed by atoms with E-state index in [0.29, 0.717) is 29.4 Å². The smallest absolute Gasteiger partial charge is 0.326 e. The monoisotopic (exact) mass is 447 g/mol. The summed E-state index contributed by atoms with van der Waals surface area (Å²) in [5.74, 6) is 0.490. The maximum atomic E-state index is 12.4. The Hall–Kier alpha value is -3.94. The van der Waals surface area contributed by atoms with Crippen molar-refractivity contribution in [1.82, 2.24) is 14.7 Å². The predicted molar refractivity (Wildman–Crippen MR) is 121 cm³/mol. The number of hydrogen-bond acceptors (Lipinski definition) is 7.